The van der Waals surface area contributed by atoms with E-state index in [4.69, 9.17) is 39.5 Å². The van der Waals surface area contributed by atoms with Crippen LogP contribution in [0.1, 0.15) is 4.88 Å². The number of hydrogen-bond acceptors (Lipinski definition) is 6. The van der Waals surface area contributed by atoms with Crippen molar-refractivity contribution in [3.05, 3.63) is 25.9 Å². The summed E-state index contributed by atoms with van der Waals surface area (Å²) in [5.74, 6) is 0. The highest BCUT2D eigenvalue weighted by atomic mass is 35.5. The van der Waals surface area contributed by atoms with E-state index in [-0.39, 0.29) is 21.0 Å². The SMILES string of the molecule is N#C/C(N)=C(\C#N)N=Cc1sc(Cl)nc1Cl. The first kappa shape index (κ1) is 12.5. The number of aliphatic imine (C=N–C) groups is 1. The molecule has 0 spiro atoms. The van der Waals surface area contributed by atoms with Gasteiger partial charge >= 0.3 is 0 Å². The number of halogens is 2. The van der Waals surface area contributed by atoms with Crippen LogP contribution in [0.25, 0.3) is 0 Å². The second-order valence-electron chi connectivity index (χ2n) is 2.37. The Bertz CT molecular complexity index is 546. The van der Waals surface area contributed by atoms with Crippen molar-refractivity contribution < 1.29 is 0 Å². The van der Waals surface area contributed by atoms with Crippen molar-refractivity contribution >= 4 is 40.8 Å². The van der Waals surface area contributed by atoms with Crippen molar-refractivity contribution in [2.45, 2.75) is 0 Å². The van der Waals surface area contributed by atoms with Crippen LogP contribution >= 0.6 is 34.5 Å². The van der Waals surface area contributed by atoms with Crippen molar-refractivity contribution in [3.8, 4) is 12.1 Å². The quantitative estimate of drug-likeness (QED) is 0.658. The first-order valence-electron chi connectivity index (χ1n) is 3.74. The van der Waals surface area contributed by atoms with E-state index < -0.39 is 0 Å². The van der Waals surface area contributed by atoms with Gasteiger partial charge in [-0.15, -0.1) is 0 Å². The standard InChI is InChI=1S/C8H3Cl2N5S/c9-7-6(16-8(10)15-7)3-14-5(2-12)4(13)1-11/h3H,13H2/b5-4-,14-3?. The molecule has 2 N–H and O–H groups in total. The van der Waals surface area contributed by atoms with E-state index in [1.165, 1.54) is 6.21 Å². The van der Waals surface area contributed by atoms with E-state index in [1.54, 1.807) is 12.1 Å². The van der Waals surface area contributed by atoms with Crippen molar-refractivity contribution in [1.29, 1.82) is 10.5 Å². The lowest BCUT2D eigenvalue weighted by atomic mass is 10.4. The summed E-state index contributed by atoms with van der Waals surface area (Å²) in [6.07, 6.45) is 1.29. The Morgan fingerprint density at radius 2 is 2.12 bits per heavy atom. The van der Waals surface area contributed by atoms with Crippen LogP contribution in [0.5, 0.6) is 0 Å². The average Bonchev–Trinajstić information content (AvgIpc) is 2.58. The lowest BCUT2D eigenvalue weighted by Crippen LogP contribution is -1.97. The van der Waals surface area contributed by atoms with Gasteiger partial charge in [-0.05, 0) is 0 Å². The van der Waals surface area contributed by atoms with E-state index in [0.717, 1.165) is 11.3 Å². The maximum absolute atomic E-state index is 8.66. The van der Waals surface area contributed by atoms with Crippen LogP contribution in [-0.2, 0) is 0 Å². The van der Waals surface area contributed by atoms with Gasteiger partial charge in [-0.3, -0.25) is 0 Å². The molecule has 1 heterocycles. The molecule has 0 aliphatic rings. The Labute approximate surface area is 105 Å². The molecule has 0 saturated carbocycles. The van der Waals surface area contributed by atoms with E-state index in [9.17, 15) is 0 Å². The van der Waals surface area contributed by atoms with Crippen LogP contribution in [0.2, 0.25) is 9.62 Å². The molecular weight excluding hydrogens is 269 g/mol. The molecule has 0 aromatic carbocycles. The van der Waals surface area contributed by atoms with Gasteiger partial charge in [0, 0.05) is 6.21 Å². The Balaban J connectivity index is 3.03. The van der Waals surface area contributed by atoms with Crippen LogP contribution in [-0.4, -0.2) is 11.2 Å². The normalized spacial score (nSPS) is 12.0. The van der Waals surface area contributed by atoms with Gasteiger partial charge < -0.3 is 5.73 Å². The van der Waals surface area contributed by atoms with E-state index in [1.807, 2.05) is 0 Å². The number of allylic oxidation sites excluding steroid dienone is 2. The summed E-state index contributed by atoms with van der Waals surface area (Å²) < 4.78 is 0.266. The second kappa shape index (κ2) is 5.47. The molecule has 0 atom stereocenters. The van der Waals surface area contributed by atoms with Gasteiger partial charge in [0.1, 0.15) is 17.8 Å². The molecule has 0 aliphatic carbocycles. The smallest absolute Gasteiger partial charge is 0.185 e. The van der Waals surface area contributed by atoms with Crippen LogP contribution in [0.4, 0.5) is 0 Å². The zero-order chi connectivity index (χ0) is 12.1. The molecule has 1 rings (SSSR count). The highest BCUT2D eigenvalue weighted by Crippen LogP contribution is 2.24. The maximum atomic E-state index is 8.66. The van der Waals surface area contributed by atoms with E-state index in [0.29, 0.717) is 4.88 Å². The fourth-order valence-corrected chi connectivity index (χ4v) is 1.93. The van der Waals surface area contributed by atoms with Gasteiger partial charge in [0.2, 0.25) is 0 Å². The van der Waals surface area contributed by atoms with Gasteiger partial charge in [-0.2, -0.15) is 10.5 Å². The molecule has 16 heavy (non-hydrogen) atoms. The number of nitriles is 2. The number of rotatable bonds is 2. The minimum absolute atomic E-state index is 0.178. The highest BCUT2D eigenvalue weighted by molar-refractivity contribution is 7.17. The van der Waals surface area contributed by atoms with Gasteiger partial charge in [-0.1, -0.05) is 34.5 Å². The van der Waals surface area contributed by atoms with E-state index in [2.05, 4.69) is 9.98 Å². The molecular formula is C8H3Cl2N5S. The summed E-state index contributed by atoms with van der Waals surface area (Å²) in [5, 5.41) is 17.3. The number of nitrogens with zero attached hydrogens (tertiary/aromatic N) is 4. The Morgan fingerprint density at radius 3 is 2.56 bits per heavy atom. The van der Waals surface area contributed by atoms with Crippen molar-refractivity contribution in [3.63, 3.8) is 0 Å². The van der Waals surface area contributed by atoms with Crippen molar-refractivity contribution in [2.24, 2.45) is 10.7 Å². The minimum Gasteiger partial charge on any atom is -0.388 e. The summed E-state index contributed by atoms with van der Waals surface area (Å²) in [5.41, 5.74) is 4.81. The van der Waals surface area contributed by atoms with Crippen LogP contribution < -0.4 is 5.73 Å². The number of hydrogen-bond donors (Lipinski definition) is 1. The first-order chi connectivity index (χ1) is 7.58. The van der Waals surface area contributed by atoms with E-state index >= 15 is 0 Å². The predicted molar refractivity (Wildman–Crippen MR) is 62.2 cm³/mol. The zero-order valence-corrected chi connectivity index (χ0v) is 9.94. The number of nitrogens with two attached hydrogens (primary N) is 1. The number of thiazole rings is 1. The molecule has 0 amide bonds. The molecule has 1 aromatic rings. The summed E-state index contributed by atoms with van der Waals surface area (Å²) in [6.45, 7) is 0. The van der Waals surface area contributed by atoms with Crippen molar-refractivity contribution in [1.82, 2.24) is 4.98 Å². The third-order valence-electron chi connectivity index (χ3n) is 1.38. The molecule has 0 radical (unpaired) electrons. The number of aromatic nitrogens is 1. The summed E-state index contributed by atoms with van der Waals surface area (Å²) in [6, 6.07) is 3.31. The lowest BCUT2D eigenvalue weighted by molar-refractivity contribution is 1.27. The molecule has 5 nitrogen and oxygen atoms in total. The Hall–Kier alpha value is -1.60. The summed E-state index contributed by atoms with van der Waals surface area (Å²) >= 11 is 12.4. The molecule has 8 heteroatoms. The Morgan fingerprint density at radius 1 is 1.44 bits per heavy atom. The van der Waals surface area contributed by atoms with Crippen LogP contribution in [0.15, 0.2) is 16.4 Å². The second-order valence-corrected chi connectivity index (χ2v) is 4.34. The third-order valence-corrected chi connectivity index (χ3v) is 2.87. The minimum atomic E-state index is -0.259. The molecule has 0 saturated heterocycles. The molecule has 80 valence electrons. The highest BCUT2D eigenvalue weighted by Gasteiger charge is 2.06. The molecule has 0 unspecified atom stereocenters. The van der Waals surface area contributed by atoms with Gasteiger partial charge in [-0.25, -0.2) is 9.98 Å². The van der Waals surface area contributed by atoms with Crippen LogP contribution in [0.3, 0.4) is 0 Å². The van der Waals surface area contributed by atoms with Gasteiger partial charge in [0.15, 0.2) is 15.3 Å². The summed E-state index contributed by atoms with van der Waals surface area (Å²) in [7, 11) is 0. The fourth-order valence-electron chi connectivity index (χ4n) is 0.702. The molecule has 0 bridgehead atoms. The fraction of sp³-hybridized carbons (Fsp3) is 0. The lowest BCUT2D eigenvalue weighted by Gasteiger charge is -1.89. The average molecular weight is 272 g/mol. The summed E-state index contributed by atoms with van der Waals surface area (Å²) in [4.78, 5) is 7.96. The molecule has 1 aromatic heterocycles. The largest absolute Gasteiger partial charge is 0.388 e. The topological polar surface area (TPSA) is 98.8 Å². The first-order valence-corrected chi connectivity index (χ1v) is 5.31. The zero-order valence-electron chi connectivity index (χ0n) is 7.61. The van der Waals surface area contributed by atoms with Gasteiger partial charge in [0.25, 0.3) is 0 Å². The van der Waals surface area contributed by atoms with Crippen molar-refractivity contribution in [2.75, 3.05) is 0 Å². The predicted octanol–water partition coefficient (Wildman–Crippen LogP) is 2.09. The molecule has 0 aliphatic heterocycles. The van der Waals surface area contributed by atoms with Crippen LogP contribution in [0, 0.1) is 22.7 Å². The third kappa shape index (κ3) is 2.94. The Kier molecular flexibility index (Phi) is 4.27. The monoisotopic (exact) mass is 271 g/mol. The maximum Gasteiger partial charge on any atom is 0.185 e. The molecule has 0 fully saturated rings. The van der Waals surface area contributed by atoms with Gasteiger partial charge in [0.05, 0.1) is 4.88 Å².